The number of aromatic nitrogens is 1. The molecule has 4 heteroatoms. The number of benzene rings is 9. The summed E-state index contributed by atoms with van der Waals surface area (Å²) in [6.07, 6.45) is 18.8. The lowest BCUT2D eigenvalue weighted by Gasteiger charge is -2.46. The Morgan fingerprint density at radius 2 is 1.16 bits per heavy atom. The van der Waals surface area contributed by atoms with Gasteiger partial charge in [0.25, 0.3) is 0 Å². The summed E-state index contributed by atoms with van der Waals surface area (Å²) < 4.78 is 10.4. The quantitative estimate of drug-likeness (QED) is 0.160. The smallest absolute Gasteiger partial charge is 0.337 e. The fourth-order valence-electron chi connectivity index (χ4n) is 18.4. The van der Waals surface area contributed by atoms with Crippen molar-refractivity contribution in [3.05, 3.63) is 185 Å². The van der Waals surface area contributed by atoms with Gasteiger partial charge in [-0.2, -0.15) is 0 Å². The van der Waals surface area contributed by atoms with Crippen molar-refractivity contribution in [3.63, 3.8) is 0 Å². The second kappa shape index (κ2) is 17.4. The minimum absolute atomic E-state index is 0.0514. The number of hydrogen-bond acceptors (Lipinski definition) is 2. The Morgan fingerprint density at radius 3 is 1.86 bits per heavy atom. The molecule has 0 saturated heterocycles. The fourth-order valence-corrected chi connectivity index (χ4v) is 18.4. The highest BCUT2D eigenvalue weighted by atomic mass is 16.3. The Hall–Kier alpha value is -7.30. The van der Waals surface area contributed by atoms with Crippen LogP contribution < -0.4 is 15.8 Å². The maximum Gasteiger partial charge on any atom is 0.337 e. The SMILES string of the molecule is Cc1cc(C)c(-c2cc3c4c(c2)N(c2ccc(C(C)(C)C)cc2-c2ccccc2)c2ccc5c(oc6cc7ccccc7cc65)c2B4n2c4ccc(C56CCCC(CCC5)C6)cc4c4cc(C56CCCC(CCC5)C6)cc-3c42)c(C)c1. The van der Waals surface area contributed by atoms with Crippen LogP contribution in [0.3, 0.4) is 0 Å². The Balaban J connectivity index is 1.05. The van der Waals surface area contributed by atoms with Crippen LogP contribution in [-0.4, -0.2) is 11.3 Å². The van der Waals surface area contributed by atoms with Gasteiger partial charge in [-0.3, -0.25) is 0 Å². The molecule has 11 aromatic rings. The number of fused-ring (bicyclic) bond motifs is 16. The average Bonchev–Trinajstić information content (AvgIpc) is 2.38. The van der Waals surface area contributed by atoms with E-state index in [-0.39, 0.29) is 23.1 Å². The van der Waals surface area contributed by atoms with Crippen LogP contribution in [-0.2, 0) is 16.2 Å². The maximum atomic E-state index is 7.59. The number of anilines is 3. The summed E-state index contributed by atoms with van der Waals surface area (Å²) in [4.78, 5) is 2.69. The van der Waals surface area contributed by atoms with Crippen molar-refractivity contribution in [2.75, 3.05) is 4.90 Å². The summed E-state index contributed by atoms with van der Waals surface area (Å²) in [5, 5.41) is 7.69. The van der Waals surface area contributed by atoms with Crippen molar-refractivity contribution in [1.82, 2.24) is 4.48 Å². The van der Waals surface area contributed by atoms with Gasteiger partial charge in [0.05, 0.1) is 5.69 Å². The van der Waals surface area contributed by atoms with E-state index in [2.05, 4.69) is 203 Å². The van der Waals surface area contributed by atoms with E-state index in [1.165, 1.54) is 217 Å². The molecule has 6 aliphatic rings. The average molecular weight is 1050 g/mol. The zero-order chi connectivity index (χ0) is 54.3. The molecule has 400 valence electrons. The van der Waals surface area contributed by atoms with Crippen LogP contribution >= 0.6 is 0 Å². The lowest BCUT2D eigenvalue weighted by Crippen LogP contribution is -2.57. The Bertz CT molecular complexity index is 4440. The van der Waals surface area contributed by atoms with E-state index < -0.39 is 0 Å². The van der Waals surface area contributed by atoms with Crippen LogP contribution in [0.25, 0.3) is 87.9 Å². The minimum Gasteiger partial charge on any atom is -0.456 e. The molecule has 17 rings (SSSR count). The fraction of sp³-hybridized carbons (Fsp3) is 0.325. The molecule has 2 aliphatic heterocycles. The Labute approximate surface area is 478 Å². The lowest BCUT2D eigenvalue weighted by molar-refractivity contribution is 0.149. The number of rotatable bonds is 5. The lowest BCUT2D eigenvalue weighted by atomic mass is 9.44. The van der Waals surface area contributed by atoms with E-state index in [0.29, 0.717) is 0 Å². The van der Waals surface area contributed by atoms with E-state index in [0.717, 1.165) is 23.0 Å². The predicted octanol–water partition coefficient (Wildman–Crippen LogP) is 20.0. The zero-order valence-corrected chi connectivity index (χ0v) is 48.4. The van der Waals surface area contributed by atoms with E-state index in [1.54, 1.807) is 11.1 Å². The van der Waals surface area contributed by atoms with Gasteiger partial charge < -0.3 is 13.8 Å². The first kappa shape index (κ1) is 48.4. The largest absolute Gasteiger partial charge is 0.456 e. The molecule has 3 nitrogen and oxygen atoms in total. The first-order valence-corrected chi connectivity index (χ1v) is 31.2. The van der Waals surface area contributed by atoms with Gasteiger partial charge in [0.15, 0.2) is 0 Å². The van der Waals surface area contributed by atoms with Crippen molar-refractivity contribution in [3.8, 4) is 33.4 Å². The molecule has 4 heterocycles. The third-order valence-corrected chi connectivity index (χ3v) is 22.0. The highest BCUT2D eigenvalue weighted by molar-refractivity contribution is 6.91. The first-order chi connectivity index (χ1) is 39.4. The molecule has 0 amide bonds. The van der Waals surface area contributed by atoms with Crippen LogP contribution in [0.2, 0.25) is 0 Å². The number of aryl methyl sites for hydroxylation is 3. The van der Waals surface area contributed by atoms with E-state index in [1.807, 2.05) is 0 Å². The van der Waals surface area contributed by atoms with Crippen molar-refractivity contribution < 1.29 is 4.42 Å². The number of furan rings is 1. The van der Waals surface area contributed by atoms with Crippen molar-refractivity contribution >= 4 is 89.4 Å². The van der Waals surface area contributed by atoms with Gasteiger partial charge in [-0.25, -0.2) is 0 Å². The van der Waals surface area contributed by atoms with E-state index in [4.69, 9.17) is 4.42 Å². The zero-order valence-electron chi connectivity index (χ0n) is 48.4. The van der Waals surface area contributed by atoms with Gasteiger partial charge in [-0.1, -0.05) is 157 Å². The highest BCUT2D eigenvalue weighted by Gasteiger charge is 2.48. The summed E-state index contributed by atoms with van der Waals surface area (Å²) in [6.45, 7) is 13.8. The van der Waals surface area contributed by atoms with Crippen LogP contribution in [0.1, 0.15) is 144 Å². The summed E-state index contributed by atoms with van der Waals surface area (Å²) in [6, 6.07) is 60.4. The van der Waals surface area contributed by atoms with Crippen molar-refractivity contribution in [1.29, 1.82) is 0 Å². The third kappa shape index (κ3) is 7.07. The maximum absolute atomic E-state index is 7.59. The predicted molar refractivity (Wildman–Crippen MR) is 344 cm³/mol. The standard InChI is InChI=1S/C77H73BN2O/c1-46-34-47(2)70(48(3)35-46)54-37-62-64-43-57(77-32-14-18-50(45-77)19-15-33-77)42-63-60-41-56(76-30-12-16-49(44-76)17-13-31-76)25-28-66(60)80(73(63)64)78-71(62)68(38-54)79(65-27-24-55(75(4,5)6)40-59(65)51-20-8-7-9-21-51)67-29-26-58-61-36-52-22-10-11-23-53(52)39-69(61)81-74(58)72(67)78/h7-11,20-29,34-43,49-50H,12-19,30-33,44-45H2,1-6H3. The molecule has 2 aromatic heterocycles. The summed E-state index contributed by atoms with van der Waals surface area (Å²) in [5.74, 6) is 1.68. The third-order valence-electron chi connectivity index (χ3n) is 22.0. The second-order valence-electron chi connectivity index (χ2n) is 27.8. The molecule has 4 saturated carbocycles. The van der Waals surface area contributed by atoms with Gasteiger partial charge >= 0.3 is 6.85 Å². The topological polar surface area (TPSA) is 21.3 Å². The molecule has 0 unspecified atom stereocenters. The van der Waals surface area contributed by atoms with Gasteiger partial charge in [0.2, 0.25) is 0 Å². The molecule has 4 fully saturated rings. The van der Waals surface area contributed by atoms with Gasteiger partial charge in [0, 0.05) is 60.5 Å². The molecule has 0 N–H and O–H groups in total. The van der Waals surface area contributed by atoms with Crippen LogP contribution in [0, 0.1) is 32.6 Å². The first-order valence-electron chi connectivity index (χ1n) is 31.2. The molecule has 0 radical (unpaired) electrons. The van der Waals surface area contributed by atoms with Crippen LogP contribution in [0.4, 0.5) is 17.1 Å². The minimum atomic E-state index is -0.175. The Morgan fingerprint density at radius 1 is 0.506 bits per heavy atom. The summed E-state index contributed by atoms with van der Waals surface area (Å²) >= 11 is 0. The monoisotopic (exact) mass is 1050 g/mol. The molecular weight excluding hydrogens is 980 g/mol. The molecule has 4 aliphatic carbocycles. The summed E-state index contributed by atoms with van der Waals surface area (Å²) in [7, 11) is 0. The normalized spacial score (nSPS) is 22.0. The second-order valence-corrected chi connectivity index (χ2v) is 27.8. The number of nitrogens with zero attached hydrogens (tertiary/aromatic N) is 2. The van der Waals surface area contributed by atoms with Gasteiger partial charge in [-0.05, 0) is 226 Å². The van der Waals surface area contributed by atoms with Crippen molar-refractivity contribution in [2.24, 2.45) is 11.8 Å². The summed E-state index contributed by atoms with van der Waals surface area (Å²) in [5.41, 5.74) is 27.7. The molecule has 9 aromatic carbocycles. The molecule has 0 spiro atoms. The van der Waals surface area contributed by atoms with Gasteiger partial charge in [0.1, 0.15) is 11.2 Å². The van der Waals surface area contributed by atoms with Crippen LogP contribution in [0.5, 0.6) is 0 Å². The Kier molecular flexibility index (Phi) is 10.4. The molecule has 4 bridgehead atoms. The molecule has 0 atom stereocenters. The highest BCUT2D eigenvalue weighted by Crippen LogP contribution is 2.57. The van der Waals surface area contributed by atoms with Gasteiger partial charge in [-0.15, -0.1) is 0 Å². The van der Waals surface area contributed by atoms with Crippen LogP contribution in [0.15, 0.2) is 156 Å². The van der Waals surface area contributed by atoms with E-state index in [9.17, 15) is 0 Å². The molecular formula is C77H73BN2O. The van der Waals surface area contributed by atoms with E-state index >= 15 is 0 Å². The molecule has 81 heavy (non-hydrogen) atoms. The number of hydrogen-bond donors (Lipinski definition) is 0. The van der Waals surface area contributed by atoms with Crippen molar-refractivity contribution in [2.45, 2.75) is 148 Å².